The van der Waals surface area contributed by atoms with Gasteiger partial charge in [0.25, 0.3) is 0 Å². The van der Waals surface area contributed by atoms with Crippen LogP contribution in [0.25, 0.3) is 6.08 Å². The van der Waals surface area contributed by atoms with E-state index < -0.39 is 0 Å². The van der Waals surface area contributed by atoms with Gasteiger partial charge in [-0.25, -0.2) is 0 Å². The minimum atomic E-state index is 0.422. The van der Waals surface area contributed by atoms with Crippen molar-refractivity contribution >= 4 is 25.6 Å². The second kappa shape index (κ2) is 16.5. The molecule has 1 aromatic carbocycles. The van der Waals surface area contributed by atoms with Crippen molar-refractivity contribution in [2.24, 2.45) is 0 Å². The third-order valence-corrected chi connectivity index (χ3v) is 7.04. The second-order valence-corrected chi connectivity index (χ2v) is 8.89. The van der Waals surface area contributed by atoms with Crippen molar-refractivity contribution < 1.29 is 0 Å². The molecule has 23 heavy (non-hydrogen) atoms. The molecule has 0 heterocycles. The molecule has 0 fully saturated rings. The maximum atomic E-state index is 5.66. The first-order valence-corrected chi connectivity index (χ1v) is 11.6. The molecule has 0 saturated carbocycles. The molecule has 1 rings (SSSR count). The standard InChI is InChI=1S/C12H27P.C9H9Cl/c1-4-7-10-13(11-8-5-2)12-9-6-3;1-2-8-5-3-4-6-9(8)7-10/h4-12H2,1-3H3;2-6H,1,7H2. The Bertz CT molecular complexity index is 370. The van der Waals surface area contributed by atoms with E-state index in [4.69, 9.17) is 11.6 Å². The average molecular weight is 355 g/mol. The van der Waals surface area contributed by atoms with Gasteiger partial charge >= 0.3 is 0 Å². The van der Waals surface area contributed by atoms with Gasteiger partial charge in [-0.2, -0.15) is 0 Å². The monoisotopic (exact) mass is 354 g/mol. The molecular weight excluding hydrogens is 319 g/mol. The number of hydrogen-bond donors (Lipinski definition) is 0. The molecule has 0 amide bonds. The number of benzene rings is 1. The molecule has 0 unspecified atom stereocenters. The van der Waals surface area contributed by atoms with Gasteiger partial charge in [0.05, 0.1) is 0 Å². The third kappa shape index (κ3) is 11.8. The summed E-state index contributed by atoms with van der Waals surface area (Å²) in [6.07, 6.45) is 15.0. The van der Waals surface area contributed by atoms with E-state index >= 15 is 0 Å². The fraction of sp³-hybridized carbons (Fsp3) is 0.619. The first-order chi connectivity index (χ1) is 11.2. The molecule has 0 nitrogen and oxygen atoms in total. The Labute approximate surface area is 151 Å². The molecule has 132 valence electrons. The predicted molar refractivity (Wildman–Crippen MR) is 112 cm³/mol. The molecule has 0 aliphatic rings. The lowest BCUT2D eigenvalue weighted by Gasteiger charge is -2.16. The van der Waals surface area contributed by atoms with E-state index in [-0.39, 0.29) is 0 Å². The van der Waals surface area contributed by atoms with Gasteiger partial charge in [-0.05, 0) is 48.9 Å². The number of unbranched alkanes of at least 4 members (excludes halogenated alkanes) is 3. The summed E-state index contributed by atoms with van der Waals surface area (Å²) in [6.45, 7) is 10.6. The summed E-state index contributed by atoms with van der Waals surface area (Å²) in [7, 11) is 0.422. The van der Waals surface area contributed by atoms with E-state index in [1.54, 1.807) is 18.5 Å². The molecule has 1 aromatic rings. The minimum Gasteiger partial charge on any atom is -0.122 e. The SMILES string of the molecule is C=Cc1ccccc1CCl.CCCCP(CCCC)CCCC. The molecule has 0 N–H and O–H groups in total. The predicted octanol–water partition coefficient (Wildman–Crippen LogP) is 7.94. The van der Waals surface area contributed by atoms with Gasteiger partial charge in [-0.15, -0.1) is 19.5 Å². The summed E-state index contributed by atoms with van der Waals surface area (Å²) in [5.74, 6) is 0.558. The summed E-state index contributed by atoms with van der Waals surface area (Å²) < 4.78 is 0. The first-order valence-electron chi connectivity index (χ1n) is 9.22. The van der Waals surface area contributed by atoms with Crippen LogP contribution >= 0.6 is 19.5 Å². The van der Waals surface area contributed by atoms with Crippen molar-refractivity contribution in [1.29, 1.82) is 0 Å². The molecule has 0 aromatic heterocycles. The van der Waals surface area contributed by atoms with Crippen LogP contribution in [0.1, 0.15) is 70.4 Å². The molecule has 0 spiro atoms. The van der Waals surface area contributed by atoms with Crippen LogP contribution in [0.15, 0.2) is 30.8 Å². The molecule has 0 aliphatic heterocycles. The smallest absolute Gasteiger partial charge is 0.0479 e. The Morgan fingerprint density at radius 3 is 1.74 bits per heavy atom. The van der Waals surface area contributed by atoms with Gasteiger partial charge in [-0.3, -0.25) is 0 Å². The minimum absolute atomic E-state index is 0.422. The summed E-state index contributed by atoms with van der Waals surface area (Å²) in [6, 6.07) is 7.96. The van der Waals surface area contributed by atoms with Crippen LogP contribution in [0.3, 0.4) is 0 Å². The number of halogens is 1. The van der Waals surface area contributed by atoms with Gasteiger partial charge in [0.15, 0.2) is 0 Å². The fourth-order valence-electron chi connectivity index (χ4n) is 2.34. The highest BCUT2D eigenvalue weighted by molar-refractivity contribution is 7.57. The van der Waals surface area contributed by atoms with E-state index in [1.807, 2.05) is 30.3 Å². The molecule has 0 saturated heterocycles. The van der Waals surface area contributed by atoms with Crippen LogP contribution in [0, 0.1) is 0 Å². The average Bonchev–Trinajstić information content (AvgIpc) is 2.61. The van der Waals surface area contributed by atoms with Gasteiger partial charge in [-0.1, -0.05) is 77.0 Å². The van der Waals surface area contributed by atoms with Crippen molar-refractivity contribution in [2.45, 2.75) is 65.2 Å². The van der Waals surface area contributed by atoms with Crippen LogP contribution in [-0.4, -0.2) is 18.5 Å². The van der Waals surface area contributed by atoms with Gasteiger partial charge in [0.2, 0.25) is 0 Å². The number of rotatable bonds is 11. The lowest BCUT2D eigenvalue weighted by Crippen LogP contribution is -1.95. The summed E-state index contributed by atoms with van der Waals surface area (Å²) >= 11 is 5.66. The van der Waals surface area contributed by atoms with Crippen LogP contribution in [0.4, 0.5) is 0 Å². The lowest BCUT2D eigenvalue weighted by molar-refractivity contribution is 0.847. The van der Waals surface area contributed by atoms with Gasteiger partial charge < -0.3 is 0 Å². The highest BCUT2D eigenvalue weighted by Crippen LogP contribution is 2.38. The normalized spacial score (nSPS) is 10.3. The topological polar surface area (TPSA) is 0 Å². The zero-order chi connectivity index (χ0) is 17.3. The zero-order valence-corrected chi connectivity index (χ0v) is 17.1. The maximum absolute atomic E-state index is 5.66. The van der Waals surface area contributed by atoms with Crippen molar-refractivity contribution in [3.05, 3.63) is 42.0 Å². The van der Waals surface area contributed by atoms with Crippen LogP contribution < -0.4 is 0 Å². The third-order valence-electron chi connectivity index (χ3n) is 3.90. The molecular formula is C21H36ClP. The summed E-state index contributed by atoms with van der Waals surface area (Å²) in [4.78, 5) is 0. The first kappa shape index (κ1) is 22.7. The zero-order valence-electron chi connectivity index (χ0n) is 15.5. The second-order valence-electron chi connectivity index (χ2n) is 5.94. The van der Waals surface area contributed by atoms with E-state index in [1.165, 1.54) is 38.5 Å². The fourth-order valence-corrected chi connectivity index (χ4v) is 5.54. The Kier molecular flexibility index (Phi) is 16.3. The Balaban J connectivity index is 0.000000433. The highest BCUT2D eigenvalue weighted by Gasteiger charge is 2.05. The Hall–Kier alpha value is -0.320. The van der Waals surface area contributed by atoms with Crippen molar-refractivity contribution in [3.8, 4) is 0 Å². The van der Waals surface area contributed by atoms with Gasteiger partial charge in [0, 0.05) is 5.88 Å². The van der Waals surface area contributed by atoms with Crippen molar-refractivity contribution in [2.75, 3.05) is 18.5 Å². The molecule has 0 aliphatic carbocycles. The maximum Gasteiger partial charge on any atom is 0.0479 e. The van der Waals surface area contributed by atoms with Crippen LogP contribution in [0.2, 0.25) is 0 Å². The summed E-state index contributed by atoms with van der Waals surface area (Å²) in [5.41, 5.74) is 2.26. The summed E-state index contributed by atoms with van der Waals surface area (Å²) in [5, 5.41) is 0. The van der Waals surface area contributed by atoms with Crippen molar-refractivity contribution in [1.82, 2.24) is 0 Å². The number of hydrogen-bond acceptors (Lipinski definition) is 0. The van der Waals surface area contributed by atoms with E-state index in [2.05, 4.69) is 27.4 Å². The molecule has 2 heteroatoms. The molecule has 0 bridgehead atoms. The highest BCUT2D eigenvalue weighted by atomic mass is 35.5. The largest absolute Gasteiger partial charge is 0.122 e. The van der Waals surface area contributed by atoms with E-state index in [0.717, 1.165) is 11.1 Å². The molecule has 0 atom stereocenters. The quantitative estimate of drug-likeness (QED) is 0.279. The lowest BCUT2D eigenvalue weighted by atomic mass is 10.1. The molecule has 0 radical (unpaired) electrons. The van der Waals surface area contributed by atoms with Crippen LogP contribution in [-0.2, 0) is 5.88 Å². The van der Waals surface area contributed by atoms with Crippen LogP contribution in [0.5, 0.6) is 0 Å². The van der Waals surface area contributed by atoms with Gasteiger partial charge in [0.1, 0.15) is 0 Å². The van der Waals surface area contributed by atoms with E-state index in [9.17, 15) is 0 Å². The Morgan fingerprint density at radius 2 is 1.39 bits per heavy atom. The van der Waals surface area contributed by atoms with Crippen molar-refractivity contribution in [3.63, 3.8) is 0 Å². The Morgan fingerprint density at radius 1 is 0.913 bits per heavy atom. The van der Waals surface area contributed by atoms with E-state index in [0.29, 0.717) is 13.8 Å². The number of alkyl halides is 1.